The van der Waals surface area contributed by atoms with Crippen molar-refractivity contribution in [1.82, 2.24) is 10.3 Å². The van der Waals surface area contributed by atoms with Crippen molar-refractivity contribution in [1.29, 1.82) is 0 Å². The summed E-state index contributed by atoms with van der Waals surface area (Å²) in [7, 11) is 0. The van der Waals surface area contributed by atoms with Gasteiger partial charge in [-0.05, 0) is 60.5 Å². The van der Waals surface area contributed by atoms with Gasteiger partial charge in [0, 0.05) is 27.6 Å². The van der Waals surface area contributed by atoms with Gasteiger partial charge in [-0.1, -0.05) is 35.5 Å². The number of nitrogens with zero attached hydrogens (tertiary/aromatic N) is 1. The zero-order chi connectivity index (χ0) is 15.5. The van der Waals surface area contributed by atoms with Gasteiger partial charge in [0.05, 0.1) is 5.02 Å². The quantitative estimate of drug-likeness (QED) is 0.748. The molecule has 0 radical (unpaired) electrons. The van der Waals surface area contributed by atoms with Crippen molar-refractivity contribution in [3.63, 3.8) is 0 Å². The van der Waals surface area contributed by atoms with E-state index in [4.69, 9.17) is 11.6 Å². The topological polar surface area (TPSA) is 24.9 Å². The van der Waals surface area contributed by atoms with Crippen molar-refractivity contribution in [2.75, 3.05) is 0 Å². The largest absolute Gasteiger partial charge is 0.308 e. The zero-order valence-corrected chi connectivity index (χ0v) is 15.4. The molecule has 21 heavy (non-hydrogen) atoms. The van der Waals surface area contributed by atoms with Gasteiger partial charge in [-0.25, -0.2) is 4.98 Å². The molecule has 0 aliphatic heterocycles. The minimum absolute atomic E-state index is 0.0696. The van der Waals surface area contributed by atoms with Crippen molar-refractivity contribution >= 4 is 39.3 Å². The third-order valence-corrected chi connectivity index (χ3v) is 4.80. The molecule has 0 spiro atoms. The van der Waals surface area contributed by atoms with E-state index in [9.17, 15) is 0 Å². The van der Waals surface area contributed by atoms with Crippen LogP contribution in [0.1, 0.15) is 26.3 Å². The number of pyridine rings is 1. The van der Waals surface area contributed by atoms with E-state index in [0.29, 0.717) is 0 Å². The third-order valence-electron chi connectivity index (χ3n) is 2.76. The average molecular weight is 386 g/mol. The molecular weight excluding hydrogens is 368 g/mol. The summed E-state index contributed by atoms with van der Waals surface area (Å²) in [6.07, 6.45) is 1.80. The Morgan fingerprint density at radius 3 is 2.62 bits per heavy atom. The maximum Gasteiger partial charge on any atom is 0.101 e. The number of hydrogen-bond donors (Lipinski definition) is 1. The molecule has 0 amide bonds. The van der Waals surface area contributed by atoms with Gasteiger partial charge in [-0.15, -0.1) is 0 Å². The van der Waals surface area contributed by atoms with Gasteiger partial charge in [0.1, 0.15) is 5.03 Å². The maximum absolute atomic E-state index is 6.37. The van der Waals surface area contributed by atoms with Crippen LogP contribution in [0.5, 0.6) is 0 Å². The van der Waals surface area contributed by atoms with E-state index >= 15 is 0 Å². The first-order valence-electron chi connectivity index (χ1n) is 6.67. The Balaban J connectivity index is 2.23. The minimum Gasteiger partial charge on any atom is -0.308 e. The van der Waals surface area contributed by atoms with Crippen LogP contribution in [0.2, 0.25) is 5.02 Å². The molecule has 5 heteroatoms. The van der Waals surface area contributed by atoms with Crippen LogP contribution >= 0.6 is 39.3 Å². The monoisotopic (exact) mass is 384 g/mol. The molecule has 2 aromatic rings. The summed E-state index contributed by atoms with van der Waals surface area (Å²) in [6, 6.07) is 9.98. The Bertz CT molecular complexity index is 609. The van der Waals surface area contributed by atoms with Crippen molar-refractivity contribution in [3.05, 3.63) is 51.6 Å². The summed E-state index contributed by atoms with van der Waals surface area (Å²) >= 11 is 11.4. The highest BCUT2D eigenvalue weighted by atomic mass is 79.9. The average Bonchev–Trinajstić information content (AvgIpc) is 2.41. The van der Waals surface area contributed by atoms with Crippen molar-refractivity contribution in [2.45, 2.75) is 42.8 Å². The second-order valence-corrected chi connectivity index (χ2v) is 8.10. The number of nitrogens with one attached hydrogen (secondary N) is 1. The van der Waals surface area contributed by atoms with Gasteiger partial charge in [-0.2, -0.15) is 0 Å². The fourth-order valence-corrected chi connectivity index (χ4v) is 3.13. The summed E-state index contributed by atoms with van der Waals surface area (Å²) in [5.74, 6) is 0. The normalized spacial score (nSPS) is 11.7. The molecular formula is C16H18BrClN2S. The predicted octanol–water partition coefficient (Wildman–Crippen LogP) is 5.54. The second-order valence-electron chi connectivity index (χ2n) is 5.75. The van der Waals surface area contributed by atoms with Crippen LogP contribution < -0.4 is 5.32 Å². The standard InChI is InChI=1S/C16H18BrClN2S/c1-16(2,3)20-9-11-5-4-6-13(18)15(11)21-14-8-7-12(17)10-19-14/h4-8,10,20H,9H2,1-3H3. The van der Waals surface area contributed by atoms with Gasteiger partial charge in [0.25, 0.3) is 0 Å². The zero-order valence-electron chi connectivity index (χ0n) is 12.3. The SMILES string of the molecule is CC(C)(C)NCc1cccc(Cl)c1Sc1ccc(Br)cn1. The number of rotatable bonds is 4. The molecule has 2 rings (SSSR count). The first-order valence-corrected chi connectivity index (χ1v) is 8.66. The summed E-state index contributed by atoms with van der Waals surface area (Å²) < 4.78 is 0.973. The van der Waals surface area contributed by atoms with E-state index in [1.54, 1.807) is 18.0 Å². The van der Waals surface area contributed by atoms with Crippen LogP contribution in [0.3, 0.4) is 0 Å². The smallest absolute Gasteiger partial charge is 0.101 e. The van der Waals surface area contributed by atoms with Crippen LogP contribution in [0.15, 0.2) is 50.9 Å². The van der Waals surface area contributed by atoms with Gasteiger partial charge >= 0.3 is 0 Å². The Labute approximate surface area is 143 Å². The van der Waals surface area contributed by atoms with Gasteiger partial charge in [0.15, 0.2) is 0 Å². The number of hydrogen-bond acceptors (Lipinski definition) is 3. The predicted molar refractivity (Wildman–Crippen MR) is 94.1 cm³/mol. The lowest BCUT2D eigenvalue weighted by molar-refractivity contribution is 0.422. The molecule has 2 nitrogen and oxygen atoms in total. The Kier molecular flexibility index (Phi) is 5.72. The van der Waals surface area contributed by atoms with E-state index < -0.39 is 0 Å². The molecule has 1 heterocycles. The molecule has 0 aliphatic carbocycles. The molecule has 1 N–H and O–H groups in total. The van der Waals surface area contributed by atoms with Gasteiger partial charge < -0.3 is 5.32 Å². The van der Waals surface area contributed by atoms with Crippen molar-refractivity contribution < 1.29 is 0 Å². The highest BCUT2D eigenvalue weighted by Gasteiger charge is 2.13. The van der Waals surface area contributed by atoms with Gasteiger partial charge in [0.2, 0.25) is 0 Å². The molecule has 0 aliphatic rings. The minimum atomic E-state index is 0.0696. The fraction of sp³-hybridized carbons (Fsp3) is 0.312. The lowest BCUT2D eigenvalue weighted by Crippen LogP contribution is -2.35. The Morgan fingerprint density at radius 2 is 2.00 bits per heavy atom. The van der Waals surface area contributed by atoms with E-state index in [1.165, 1.54) is 5.56 Å². The van der Waals surface area contributed by atoms with Crippen molar-refractivity contribution in [2.24, 2.45) is 0 Å². The molecule has 0 atom stereocenters. The molecule has 0 fully saturated rings. The molecule has 0 saturated carbocycles. The molecule has 0 bridgehead atoms. The lowest BCUT2D eigenvalue weighted by Gasteiger charge is -2.21. The highest BCUT2D eigenvalue weighted by Crippen LogP contribution is 2.35. The van der Waals surface area contributed by atoms with E-state index in [0.717, 1.165) is 26.0 Å². The first-order chi connectivity index (χ1) is 9.85. The fourth-order valence-electron chi connectivity index (χ4n) is 1.69. The van der Waals surface area contributed by atoms with Crippen LogP contribution in [0, 0.1) is 0 Å². The van der Waals surface area contributed by atoms with Crippen LogP contribution in [-0.4, -0.2) is 10.5 Å². The Morgan fingerprint density at radius 1 is 1.24 bits per heavy atom. The highest BCUT2D eigenvalue weighted by molar-refractivity contribution is 9.10. The summed E-state index contributed by atoms with van der Waals surface area (Å²) in [5, 5.41) is 5.20. The molecule has 112 valence electrons. The molecule has 1 aromatic heterocycles. The summed E-state index contributed by atoms with van der Waals surface area (Å²) in [5.41, 5.74) is 1.26. The second kappa shape index (κ2) is 7.14. The third kappa shape index (κ3) is 5.29. The van der Waals surface area contributed by atoms with Gasteiger partial charge in [-0.3, -0.25) is 0 Å². The van der Waals surface area contributed by atoms with Crippen molar-refractivity contribution in [3.8, 4) is 0 Å². The number of benzene rings is 1. The van der Waals surface area contributed by atoms with E-state index in [2.05, 4.69) is 53.1 Å². The summed E-state index contributed by atoms with van der Waals surface area (Å²) in [6.45, 7) is 7.24. The number of aromatic nitrogens is 1. The first kappa shape index (κ1) is 16.8. The molecule has 0 unspecified atom stereocenters. The summed E-state index contributed by atoms with van der Waals surface area (Å²) in [4.78, 5) is 5.46. The van der Waals surface area contributed by atoms with Crippen LogP contribution in [0.25, 0.3) is 0 Å². The Hall–Kier alpha value is -0.550. The molecule has 0 saturated heterocycles. The lowest BCUT2D eigenvalue weighted by atomic mass is 10.1. The maximum atomic E-state index is 6.37. The number of halogens is 2. The van der Waals surface area contributed by atoms with Crippen LogP contribution in [-0.2, 0) is 6.54 Å². The van der Waals surface area contributed by atoms with E-state index in [1.807, 2.05) is 24.3 Å². The van der Waals surface area contributed by atoms with Crippen LogP contribution in [0.4, 0.5) is 0 Å². The van der Waals surface area contributed by atoms with E-state index in [-0.39, 0.29) is 5.54 Å². The molecule has 1 aromatic carbocycles.